The summed E-state index contributed by atoms with van der Waals surface area (Å²) in [5, 5.41) is 0. The maximum atomic E-state index is 12.3. The van der Waals surface area contributed by atoms with Gasteiger partial charge in [-0.05, 0) is 32.6 Å². The molecule has 0 aromatic carbocycles. The lowest BCUT2D eigenvalue weighted by molar-refractivity contribution is -0.151. The van der Waals surface area contributed by atoms with Crippen LogP contribution in [0, 0.1) is 5.41 Å². The lowest BCUT2D eigenvalue weighted by Gasteiger charge is -2.25. The van der Waals surface area contributed by atoms with Crippen molar-refractivity contribution in [2.24, 2.45) is 11.1 Å². The topological polar surface area (TPSA) is 72.6 Å². The highest BCUT2D eigenvalue weighted by atomic mass is 16.5. The molecule has 5 heteroatoms. The summed E-state index contributed by atoms with van der Waals surface area (Å²) >= 11 is 0. The summed E-state index contributed by atoms with van der Waals surface area (Å²) in [5.41, 5.74) is 5.29. The molecule has 2 saturated carbocycles. The van der Waals surface area contributed by atoms with Crippen molar-refractivity contribution < 1.29 is 14.3 Å². The van der Waals surface area contributed by atoms with Crippen LogP contribution < -0.4 is 5.73 Å². The third kappa shape index (κ3) is 2.60. The minimum Gasteiger partial charge on any atom is -0.465 e. The molecule has 0 heterocycles. The monoisotopic (exact) mass is 240 g/mol. The third-order valence-electron chi connectivity index (χ3n) is 3.55. The number of carbonyl (C=O) groups is 2. The first-order valence-electron chi connectivity index (χ1n) is 6.30. The van der Waals surface area contributed by atoms with E-state index in [9.17, 15) is 9.59 Å². The van der Waals surface area contributed by atoms with Crippen LogP contribution in [0.15, 0.2) is 0 Å². The molecule has 1 amide bonds. The quantitative estimate of drug-likeness (QED) is 0.677. The van der Waals surface area contributed by atoms with Gasteiger partial charge in [0.25, 0.3) is 0 Å². The van der Waals surface area contributed by atoms with Gasteiger partial charge >= 0.3 is 5.97 Å². The van der Waals surface area contributed by atoms with Crippen molar-refractivity contribution in [1.82, 2.24) is 4.90 Å². The maximum absolute atomic E-state index is 12.3. The van der Waals surface area contributed by atoms with E-state index in [0.29, 0.717) is 13.2 Å². The van der Waals surface area contributed by atoms with Crippen molar-refractivity contribution in [2.45, 2.75) is 38.6 Å². The predicted molar refractivity (Wildman–Crippen MR) is 62.1 cm³/mol. The zero-order valence-corrected chi connectivity index (χ0v) is 10.3. The van der Waals surface area contributed by atoms with Gasteiger partial charge in [0.15, 0.2) is 0 Å². The van der Waals surface area contributed by atoms with Crippen molar-refractivity contribution in [3.63, 3.8) is 0 Å². The number of hydrogen-bond acceptors (Lipinski definition) is 4. The molecule has 2 aliphatic carbocycles. The van der Waals surface area contributed by atoms with Crippen LogP contribution in [0.4, 0.5) is 0 Å². The van der Waals surface area contributed by atoms with E-state index < -0.39 is 0 Å². The van der Waals surface area contributed by atoms with Gasteiger partial charge in [0.05, 0.1) is 12.0 Å². The zero-order valence-electron chi connectivity index (χ0n) is 10.3. The van der Waals surface area contributed by atoms with Crippen LogP contribution >= 0.6 is 0 Å². The Morgan fingerprint density at radius 2 is 2.06 bits per heavy atom. The van der Waals surface area contributed by atoms with Crippen LogP contribution in [-0.4, -0.2) is 42.5 Å². The minimum atomic E-state index is -0.366. The summed E-state index contributed by atoms with van der Waals surface area (Å²) in [7, 11) is 0. The number of hydrogen-bond donors (Lipinski definition) is 1. The van der Waals surface area contributed by atoms with Crippen molar-refractivity contribution in [3.05, 3.63) is 0 Å². The van der Waals surface area contributed by atoms with E-state index >= 15 is 0 Å². The largest absolute Gasteiger partial charge is 0.465 e. The molecular formula is C12H20N2O3. The molecule has 0 spiro atoms. The highest BCUT2D eigenvalue weighted by molar-refractivity contribution is 5.89. The minimum absolute atomic E-state index is 0.0514. The Hall–Kier alpha value is -1.10. The molecule has 0 atom stereocenters. The van der Waals surface area contributed by atoms with E-state index in [1.165, 1.54) is 0 Å². The molecule has 0 unspecified atom stereocenters. The lowest BCUT2D eigenvalue weighted by atomic mass is 10.1. The first-order valence-corrected chi connectivity index (χ1v) is 6.30. The number of esters is 1. The second kappa shape index (κ2) is 4.64. The Kier molecular flexibility index (Phi) is 3.38. The fourth-order valence-corrected chi connectivity index (χ4v) is 2.06. The SMILES string of the molecule is CCOC(=O)CN(C(=O)C1(CN)CC1)C1CC1. The first-order chi connectivity index (χ1) is 8.13. The Labute approximate surface area is 101 Å². The summed E-state index contributed by atoms with van der Waals surface area (Å²) in [6.07, 6.45) is 3.69. The van der Waals surface area contributed by atoms with Crippen molar-refractivity contribution in [1.29, 1.82) is 0 Å². The maximum Gasteiger partial charge on any atom is 0.325 e. The Bertz CT molecular complexity index is 322. The molecule has 0 radical (unpaired) electrons. The highest BCUT2D eigenvalue weighted by Crippen LogP contribution is 2.47. The second-order valence-electron chi connectivity index (χ2n) is 4.95. The van der Waals surface area contributed by atoms with E-state index in [1.54, 1.807) is 11.8 Å². The molecule has 0 aliphatic heterocycles. The van der Waals surface area contributed by atoms with Gasteiger partial charge in [0.2, 0.25) is 5.91 Å². The van der Waals surface area contributed by atoms with E-state index in [4.69, 9.17) is 10.5 Å². The van der Waals surface area contributed by atoms with Gasteiger partial charge in [0, 0.05) is 12.6 Å². The number of ether oxygens (including phenoxy) is 1. The number of nitrogens with two attached hydrogens (primary N) is 1. The molecule has 17 heavy (non-hydrogen) atoms. The average Bonchev–Trinajstić information content (AvgIpc) is 3.18. The molecule has 0 aromatic heterocycles. The Morgan fingerprint density at radius 3 is 2.47 bits per heavy atom. The first kappa shape index (κ1) is 12.4. The van der Waals surface area contributed by atoms with E-state index in [1.807, 2.05) is 0 Å². The molecule has 5 nitrogen and oxygen atoms in total. The molecule has 0 saturated heterocycles. The van der Waals surface area contributed by atoms with Crippen LogP contribution in [0.1, 0.15) is 32.6 Å². The highest BCUT2D eigenvalue weighted by Gasteiger charge is 2.52. The Balaban J connectivity index is 1.97. The summed E-state index contributed by atoms with van der Waals surface area (Å²) in [5.74, 6) is -0.267. The smallest absolute Gasteiger partial charge is 0.325 e. The van der Waals surface area contributed by atoms with Crippen molar-refractivity contribution in [3.8, 4) is 0 Å². The fourth-order valence-electron chi connectivity index (χ4n) is 2.06. The lowest BCUT2D eigenvalue weighted by Crippen LogP contribution is -2.44. The normalized spacial score (nSPS) is 20.8. The molecule has 0 bridgehead atoms. The van der Waals surface area contributed by atoms with Gasteiger partial charge < -0.3 is 15.4 Å². The van der Waals surface area contributed by atoms with Crippen molar-refractivity contribution in [2.75, 3.05) is 19.7 Å². The van der Waals surface area contributed by atoms with Crippen molar-refractivity contribution >= 4 is 11.9 Å². The number of carbonyl (C=O) groups excluding carboxylic acids is 2. The van der Waals surface area contributed by atoms with Gasteiger partial charge in [-0.3, -0.25) is 9.59 Å². The van der Waals surface area contributed by atoms with Gasteiger partial charge in [0.1, 0.15) is 6.54 Å². The van der Waals surface area contributed by atoms with E-state index in [0.717, 1.165) is 25.7 Å². The number of amides is 1. The molecular weight excluding hydrogens is 220 g/mol. The third-order valence-corrected chi connectivity index (χ3v) is 3.55. The van der Waals surface area contributed by atoms with Crippen LogP contribution in [0.25, 0.3) is 0 Å². The van der Waals surface area contributed by atoms with Crippen LogP contribution in [0.2, 0.25) is 0 Å². The zero-order chi connectivity index (χ0) is 12.5. The number of nitrogens with zero attached hydrogens (tertiary/aromatic N) is 1. The molecule has 96 valence electrons. The van der Waals surface area contributed by atoms with Gasteiger partial charge in [-0.2, -0.15) is 0 Å². The summed E-state index contributed by atoms with van der Waals surface area (Å²) in [6, 6.07) is 0.232. The predicted octanol–water partition coefficient (Wildman–Crippen LogP) is 0.279. The second-order valence-corrected chi connectivity index (χ2v) is 4.95. The Morgan fingerprint density at radius 1 is 1.41 bits per heavy atom. The van der Waals surface area contributed by atoms with E-state index in [-0.39, 0.29) is 29.9 Å². The van der Waals surface area contributed by atoms with Gasteiger partial charge in [-0.25, -0.2) is 0 Å². The van der Waals surface area contributed by atoms with Crippen LogP contribution in [-0.2, 0) is 14.3 Å². The van der Waals surface area contributed by atoms with Gasteiger partial charge in [-0.1, -0.05) is 0 Å². The number of rotatable bonds is 6. The average molecular weight is 240 g/mol. The standard InChI is InChI=1S/C12H20N2O3/c1-2-17-10(15)7-14(9-3-4-9)11(16)12(8-13)5-6-12/h9H,2-8,13H2,1H3. The summed E-state index contributed by atoms with van der Waals surface area (Å²) < 4.78 is 4.90. The molecule has 2 aliphatic rings. The molecule has 0 aromatic rings. The van der Waals surface area contributed by atoms with E-state index in [2.05, 4.69) is 0 Å². The van der Waals surface area contributed by atoms with Crippen LogP contribution in [0.3, 0.4) is 0 Å². The summed E-state index contributed by atoms with van der Waals surface area (Å²) in [6.45, 7) is 2.59. The van der Waals surface area contributed by atoms with Crippen LogP contribution in [0.5, 0.6) is 0 Å². The summed E-state index contributed by atoms with van der Waals surface area (Å²) in [4.78, 5) is 25.5. The molecule has 2 rings (SSSR count). The fraction of sp³-hybridized carbons (Fsp3) is 0.833. The van der Waals surface area contributed by atoms with Gasteiger partial charge in [-0.15, -0.1) is 0 Å². The molecule has 2 fully saturated rings. The molecule has 2 N–H and O–H groups in total.